The lowest BCUT2D eigenvalue weighted by molar-refractivity contribution is 0.475. The Morgan fingerprint density at radius 3 is 2.43 bits per heavy atom. The Labute approximate surface area is 134 Å². The van der Waals surface area contributed by atoms with Crippen molar-refractivity contribution in [3.8, 4) is 5.75 Å². The van der Waals surface area contributed by atoms with Crippen LogP contribution in [0.25, 0.3) is 0 Å². The lowest BCUT2D eigenvalue weighted by Crippen LogP contribution is -2.20. The summed E-state index contributed by atoms with van der Waals surface area (Å²) in [4.78, 5) is 2.10. The van der Waals surface area contributed by atoms with Gasteiger partial charge in [-0.1, -0.05) is 28.1 Å². The normalized spacial score (nSPS) is 12.0. The molecular formula is C17H21BrN2O. The molecule has 0 saturated carbocycles. The van der Waals surface area contributed by atoms with Gasteiger partial charge in [0, 0.05) is 24.6 Å². The largest absolute Gasteiger partial charge is 0.508 e. The zero-order valence-corrected chi connectivity index (χ0v) is 14.2. The van der Waals surface area contributed by atoms with Crippen molar-refractivity contribution in [1.82, 2.24) is 0 Å². The highest BCUT2D eigenvalue weighted by Gasteiger charge is 2.09. The van der Waals surface area contributed by atoms with Gasteiger partial charge >= 0.3 is 0 Å². The molecule has 0 bridgehead atoms. The number of hydrogen-bond donors (Lipinski definition) is 2. The number of nitrogens with zero attached hydrogens (tertiary/aromatic N) is 1. The van der Waals surface area contributed by atoms with Crippen LogP contribution in [0.2, 0.25) is 0 Å². The molecule has 0 saturated heterocycles. The van der Waals surface area contributed by atoms with Gasteiger partial charge in [-0.15, -0.1) is 0 Å². The van der Waals surface area contributed by atoms with E-state index < -0.39 is 0 Å². The number of phenolic OH excluding ortho intramolecular Hbond substituents is 1. The molecule has 0 spiro atoms. The molecule has 0 radical (unpaired) electrons. The molecule has 1 unspecified atom stereocenters. The summed E-state index contributed by atoms with van der Waals surface area (Å²) < 4.78 is 1.06. The number of hydrogen-bond acceptors (Lipinski definition) is 3. The smallest absolute Gasteiger partial charge is 0.115 e. The molecule has 2 aromatic carbocycles. The van der Waals surface area contributed by atoms with Gasteiger partial charge in [-0.05, 0) is 49.2 Å². The summed E-state index contributed by atoms with van der Waals surface area (Å²) >= 11 is 3.52. The molecule has 1 atom stereocenters. The molecule has 3 nitrogen and oxygen atoms in total. The van der Waals surface area contributed by atoms with Crippen molar-refractivity contribution in [1.29, 1.82) is 0 Å². The molecule has 2 rings (SSSR count). The summed E-state index contributed by atoms with van der Waals surface area (Å²) in [5.41, 5.74) is 3.48. The van der Waals surface area contributed by atoms with Crippen LogP contribution in [0.15, 0.2) is 46.9 Å². The predicted molar refractivity (Wildman–Crippen MR) is 93.4 cm³/mol. The highest BCUT2D eigenvalue weighted by molar-refractivity contribution is 9.10. The third-order valence-corrected chi connectivity index (χ3v) is 3.81. The second-order valence-electron chi connectivity index (χ2n) is 5.47. The molecule has 0 heterocycles. The number of phenols is 1. The van der Waals surface area contributed by atoms with Gasteiger partial charge in [0.05, 0.1) is 11.4 Å². The minimum Gasteiger partial charge on any atom is -0.508 e. The molecule has 2 N–H and O–H groups in total. The second-order valence-corrected chi connectivity index (χ2v) is 6.39. The van der Waals surface area contributed by atoms with E-state index in [0.29, 0.717) is 11.8 Å². The first-order valence-corrected chi connectivity index (χ1v) is 7.76. The lowest BCUT2D eigenvalue weighted by atomic mass is 10.1. The maximum absolute atomic E-state index is 9.33. The van der Waals surface area contributed by atoms with E-state index in [1.54, 1.807) is 12.1 Å². The number of rotatable bonds is 5. The third kappa shape index (κ3) is 4.39. The molecule has 2 aromatic rings. The molecule has 0 aliphatic rings. The predicted octanol–water partition coefficient (Wildman–Crippen LogP) is 4.26. The Morgan fingerprint density at radius 2 is 1.81 bits per heavy atom. The minimum atomic E-state index is 0.294. The average molecular weight is 349 g/mol. The SMILES string of the molecule is CC(Cc1ccc(O)cc1)Nc1cc(Br)ccc1N(C)C. The zero-order chi connectivity index (χ0) is 15.4. The average Bonchev–Trinajstić information content (AvgIpc) is 2.41. The van der Waals surface area contributed by atoms with Crippen LogP contribution in [0.4, 0.5) is 11.4 Å². The summed E-state index contributed by atoms with van der Waals surface area (Å²) in [7, 11) is 4.08. The highest BCUT2D eigenvalue weighted by Crippen LogP contribution is 2.29. The summed E-state index contributed by atoms with van der Waals surface area (Å²) in [5.74, 6) is 0.307. The van der Waals surface area contributed by atoms with Gasteiger partial charge in [0.15, 0.2) is 0 Å². The Hall–Kier alpha value is -1.68. The van der Waals surface area contributed by atoms with Crippen LogP contribution in [0.3, 0.4) is 0 Å². The minimum absolute atomic E-state index is 0.294. The van der Waals surface area contributed by atoms with Gasteiger partial charge in [0.1, 0.15) is 5.75 Å². The Bertz CT molecular complexity index is 596. The van der Waals surface area contributed by atoms with Crippen molar-refractivity contribution in [2.45, 2.75) is 19.4 Å². The van der Waals surface area contributed by atoms with Crippen LogP contribution in [0.1, 0.15) is 12.5 Å². The molecule has 112 valence electrons. The highest BCUT2D eigenvalue weighted by atomic mass is 79.9. The first-order valence-electron chi connectivity index (χ1n) is 6.97. The molecule has 0 fully saturated rings. The van der Waals surface area contributed by atoms with E-state index in [2.05, 4.69) is 45.2 Å². The summed E-state index contributed by atoms with van der Waals surface area (Å²) in [5, 5.41) is 12.9. The van der Waals surface area contributed by atoms with Gasteiger partial charge in [-0.3, -0.25) is 0 Å². The van der Waals surface area contributed by atoms with Crippen LogP contribution in [-0.2, 0) is 6.42 Å². The number of aromatic hydroxyl groups is 1. The maximum Gasteiger partial charge on any atom is 0.115 e. The Morgan fingerprint density at radius 1 is 1.14 bits per heavy atom. The second kappa shape index (κ2) is 6.85. The summed E-state index contributed by atoms with van der Waals surface area (Å²) in [6.45, 7) is 2.16. The van der Waals surface area contributed by atoms with Crippen LogP contribution >= 0.6 is 15.9 Å². The molecule has 21 heavy (non-hydrogen) atoms. The lowest BCUT2D eigenvalue weighted by Gasteiger charge is -2.22. The summed E-state index contributed by atoms with van der Waals surface area (Å²) in [6, 6.07) is 13.9. The van der Waals surface area contributed by atoms with Crippen LogP contribution in [0.5, 0.6) is 5.75 Å². The van der Waals surface area contributed by atoms with Gasteiger partial charge in [0.25, 0.3) is 0 Å². The van der Waals surface area contributed by atoms with E-state index in [0.717, 1.165) is 22.3 Å². The molecular weight excluding hydrogens is 328 g/mol. The standard InChI is InChI=1S/C17H21BrN2O/c1-12(10-13-4-7-15(21)8-5-13)19-16-11-14(18)6-9-17(16)20(2)3/h4-9,11-12,19,21H,10H2,1-3H3. The number of halogens is 1. The van der Waals surface area contributed by atoms with Crippen molar-refractivity contribution in [2.24, 2.45) is 0 Å². The van der Waals surface area contributed by atoms with Gasteiger partial charge < -0.3 is 15.3 Å². The number of benzene rings is 2. The van der Waals surface area contributed by atoms with Crippen molar-refractivity contribution >= 4 is 27.3 Å². The van der Waals surface area contributed by atoms with Crippen LogP contribution in [0, 0.1) is 0 Å². The van der Waals surface area contributed by atoms with E-state index in [1.165, 1.54) is 5.56 Å². The van der Waals surface area contributed by atoms with E-state index >= 15 is 0 Å². The zero-order valence-electron chi connectivity index (χ0n) is 12.6. The fourth-order valence-electron chi connectivity index (χ4n) is 2.32. The van der Waals surface area contributed by atoms with Crippen molar-refractivity contribution in [2.75, 3.05) is 24.3 Å². The molecule has 0 aliphatic heterocycles. The van der Waals surface area contributed by atoms with Crippen LogP contribution in [-0.4, -0.2) is 25.2 Å². The van der Waals surface area contributed by atoms with Crippen LogP contribution < -0.4 is 10.2 Å². The third-order valence-electron chi connectivity index (χ3n) is 3.32. The Balaban J connectivity index is 2.10. The van der Waals surface area contributed by atoms with Gasteiger partial charge in [-0.25, -0.2) is 0 Å². The van der Waals surface area contributed by atoms with E-state index in [1.807, 2.05) is 32.3 Å². The first kappa shape index (κ1) is 15.7. The molecule has 0 amide bonds. The molecule has 0 aliphatic carbocycles. The summed E-state index contributed by atoms with van der Waals surface area (Å²) in [6.07, 6.45) is 0.902. The monoisotopic (exact) mass is 348 g/mol. The molecule has 4 heteroatoms. The maximum atomic E-state index is 9.33. The van der Waals surface area contributed by atoms with E-state index in [4.69, 9.17) is 0 Å². The number of anilines is 2. The van der Waals surface area contributed by atoms with E-state index in [-0.39, 0.29) is 0 Å². The van der Waals surface area contributed by atoms with Crippen molar-refractivity contribution < 1.29 is 5.11 Å². The quantitative estimate of drug-likeness (QED) is 0.847. The molecule has 0 aromatic heterocycles. The topological polar surface area (TPSA) is 35.5 Å². The van der Waals surface area contributed by atoms with Gasteiger partial charge in [-0.2, -0.15) is 0 Å². The van der Waals surface area contributed by atoms with Crippen molar-refractivity contribution in [3.63, 3.8) is 0 Å². The fourth-order valence-corrected chi connectivity index (χ4v) is 2.68. The van der Waals surface area contributed by atoms with E-state index in [9.17, 15) is 5.11 Å². The Kier molecular flexibility index (Phi) is 5.12. The van der Waals surface area contributed by atoms with Crippen molar-refractivity contribution in [3.05, 3.63) is 52.5 Å². The first-order chi connectivity index (χ1) is 9.95. The fraction of sp³-hybridized carbons (Fsp3) is 0.294. The van der Waals surface area contributed by atoms with Gasteiger partial charge in [0.2, 0.25) is 0 Å². The number of nitrogens with one attached hydrogen (secondary N) is 1.